The minimum atomic E-state index is 0.00523. The molecule has 1 aliphatic rings. The molecule has 1 saturated heterocycles. The molecule has 1 N–H and O–H groups in total. The third-order valence-electron chi connectivity index (χ3n) is 2.51. The summed E-state index contributed by atoms with van der Waals surface area (Å²) in [5.41, 5.74) is 1.84. The Balaban J connectivity index is 2.31. The average molecular weight is 257 g/mol. The van der Waals surface area contributed by atoms with Crippen molar-refractivity contribution in [3.05, 3.63) is 22.4 Å². The first-order valence-corrected chi connectivity index (χ1v) is 5.62. The molecule has 4 heteroatoms. The summed E-state index contributed by atoms with van der Waals surface area (Å²) >= 11 is 3.30. The molecular formula is C10H13BrN2O. The highest BCUT2D eigenvalue weighted by atomic mass is 79.9. The lowest BCUT2D eigenvalue weighted by Gasteiger charge is -2.19. The zero-order valence-electron chi connectivity index (χ0n) is 7.91. The van der Waals surface area contributed by atoms with E-state index >= 15 is 0 Å². The highest BCUT2D eigenvalue weighted by Crippen LogP contribution is 2.24. The van der Waals surface area contributed by atoms with Crippen LogP contribution in [0.2, 0.25) is 0 Å². The maximum absolute atomic E-state index is 9.19. The lowest BCUT2D eigenvalue weighted by molar-refractivity contribution is 0.277. The second-order valence-electron chi connectivity index (χ2n) is 3.45. The van der Waals surface area contributed by atoms with Crippen molar-refractivity contribution in [2.24, 2.45) is 0 Å². The van der Waals surface area contributed by atoms with Crippen LogP contribution in [0, 0.1) is 0 Å². The number of aromatic nitrogens is 1. The van der Waals surface area contributed by atoms with Gasteiger partial charge in [0.05, 0.1) is 18.0 Å². The van der Waals surface area contributed by atoms with E-state index in [1.165, 1.54) is 12.8 Å². The van der Waals surface area contributed by atoms with Gasteiger partial charge in [-0.15, -0.1) is 0 Å². The average Bonchev–Trinajstić information content (AvgIpc) is 2.70. The SMILES string of the molecule is OCc1nc(Br)ccc1N1CCCC1. The molecule has 0 saturated carbocycles. The Bertz CT molecular complexity index is 324. The summed E-state index contributed by atoms with van der Waals surface area (Å²) in [7, 11) is 0. The normalized spacial score (nSPS) is 16.3. The van der Waals surface area contributed by atoms with Gasteiger partial charge < -0.3 is 10.0 Å². The van der Waals surface area contributed by atoms with Crippen LogP contribution >= 0.6 is 15.9 Å². The Morgan fingerprint density at radius 1 is 1.36 bits per heavy atom. The van der Waals surface area contributed by atoms with Gasteiger partial charge in [-0.2, -0.15) is 0 Å². The fraction of sp³-hybridized carbons (Fsp3) is 0.500. The smallest absolute Gasteiger partial charge is 0.106 e. The number of rotatable bonds is 2. The van der Waals surface area contributed by atoms with E-state index in [9.17, 15) is 5.11 Å². The number of pyridine rings is 1. The van der Waals surface area contributed by atoms with Gasteiger partial charge in [-0.3, -0.25) is 0 Å². The lowest BCUT2D eigenvalue weighted by atomic mass is 10.3. The predicted molar refractivity (Wildman–Crippen MR) is 59.3 cm³/mol. The Hall–Kier alpha value is -0.610. The van der Waals surface area contributed by atoms with Crippen LogP contribution in [0.4, 0.5) is 5.69 Å². The van der Waals surface area contributed by atoms with Gasteiger partial charge in [-0.05, 0) is 40.9 Å². The maximum atomic E-state index is 9.19. The van der Waals surface area contributed by atoms with Gasteiger partial charge in [0, 0.05) is 13.1 Å². The molecule has 1 aromatic rings. The summed E-state index contributed by atoms with van der Waals surface area (Å²) < 4.78 is 0.782. The van der Waals surface area contributed by atoms with Crippen molar-refractivity contribution in [2.75, 3.05) is 18.0 Å². The Morgan fingerprint density at radius 3 is 2.71 bits per heavy atom. The van der Waals surface area contributed by atoms with Crippen LogP contribution in [0.5, 0.6) is 0 Å². The molecule has 3 nitrogen and oxygen atoms in total. The topological polar surface area (TPSA) is 36.4 Å². The third kappa shape index (κ3) is 1.91. The number of hydrogen-bond acceptors (Lipinski definition) is 3. The van der Waals surface area contributed by atoms with E-state index in [-0.39, 0.29) is 6.61 Å². The number of halogens is 1. The van der Waals surface area contributed by atoms with Crippen molar-refractivity contribution >= 4 is 21.6 Å². The Labute approximate surface area is 91.9 Å². The fourth-order valence-electron chi connectivity index (χ4n) is 1.83. The zero-order valence-corrected chi connectivity index (χ0v) is 9.50. The van der Waals surface area contributed by atoms with E-state index in [1.54, 1.807) is 0 Å². The number of aliphatic hydroxyl groups excluding tert-OH is 1. The molecule has 76 valence electrons. The van der Waals surface area contributed by atoms with Crippen molar-refractivity contribution in [3.8, 4) is 0 Å². The highest BCUT2D eigenvalue weighted by Gasteiger charge is 2.16. The second kappa shape index (κ2) is 4.28. The van der Waals surface area contributed by atoms with Gasteiger partial charge >= 0.3 is 0 Å². The first-order chi connectivity index (χ1) is 6.81. The van der Waals surface area contributed by atoms with Crippen LogP contribution < -0.4 is 4.90 Å². The summed E-state index contributed by atoms with van der Waals surface area (Å²) in [5.74, 6) is 0. The zero-order chi connectivity index (χ0) is 9.97. The van der Waals surface area contributed by atoms with Gasteiger partial charge in [-0.1, -0.05) is 0 Å². The van der Waals surface area contributed by atoms with Crippen LogP contribution in [-0.2, 0) is 6.61 Å². The van der Waals surface area contributed by atoms with Gasteiger partial charge in [-0.25, -0.2) is 4.98 Å². The molecule has 1 aromatic heterocycles. The van der Waals surface area contributed by atoms with E-state index in [2.05, 4.69) is 25.8 Å². The summed E-state index contributed by atoms with van der Waals surface area (Å²) in [6.45, 7) is 2.16. The molecule has 2 heterocycles. The molecule has 0 aliphatic carbocycles. The minimum Gasteiger partial charge on any atom is -0.390 e. The Kier molecular flexibility index (Phi) is 3.03. The standard InChI is InChI=1S/C10H13BrN2O/c11-10-4-3-9(8(7-14)12-10)13-5-1-2-6-13/h3-4,14H,1-2,5-7H2. The summed E-state index contributed by atoms with van der Waals surface area (Å²) in [6.07, 6.45) is 2.47. The van der Waals surface area contributed by atoms with E-state index in [4.69, 9.17) is 0 Å². The van der Waals surface area contributed by atoms with Crippen molar-refractivity contribution in [1.29, 1.82) is 0 Å². The third-order valence-corrected chi connectivity index (χ3v) is 2.95. The molecule has 0 amide bonds. The lowest BCUT2D eigenvalue weighted by Crippen LogP contribution is -2.19. The molecule has 0 atom stereocenters. The molecule has 0 spiro atoms. The van der Waals surface area contributed by atoms with Crippen LogP contribution in [-0.4, -0.2) is 23.2 Å². The first kappa shape index (κ1) is 9.93. The quantitative estimate of drug-likeness (QED) is 0.822. The van der Waals surface area contributed by atoms with Crippen molar-refractivity contribution in [3.63, 3.8) is 0 Å². The molecule has 1 aliphatic heterocycles. The molecular weight excluding hydrogens is 244 g/mol. The van der Waals surface area contributed by atoms with E-state index in [0.29, 0.717) is 0 Å². The largest absolute Gasteiger partial charge is 0.390 e. The second-order valence-corrected chi connectivity index (χ2v) is 4.26. The summed E-state index contributed by atoms with van der Waals surface area (Å²) in [5, 5.41) is 9.19. The fourth-order valence-corrected chi connectivity index (χ4v) is 2.18. The summed E-state index contributed by atoms with van der Waals surface area (Å²) in [4.78, 5) is 6.54. The Morgan fingerprint density at radius 2 is 2.07 bits per heavy atom. The first-order valence-electron chi connectivity index (χ1n) is 4.82. The molecule has 0 radical (unpaired) electrons. The van der Waals surface area contributed by atoms with Gasteiger partial charge in [0.25, 0.3) is 0 Å². The van der Waals surface area contributed by atoms with E-state index in [0.717, 1.165) is 29.1 Å². The minimum absolute atomic E-state index is 0.00523. The van der Waals surface area contributed by atoms with Crippen LogP contribution in [0.1, 0.15) is 18.5 Å². The van der Waals surface area contributed by atoms with Crippen LogP contribution in [0.3, 0.4) is 0 Å². The van der Waals surface area contributed by atoms with Crippen LogP contribution in [0.15, 0.2) is 16.7 Å². The molecule has 0 aromatic carbocycles. The monoisotopic (exact) mass is 256 g/mol. The van der Waals surface area contributed by atoms with E-state index in [1.807, 2.05) is 12.1 Å². The molecule has 2 rings (SSSR count). The highest BCUT2D eigenvalue weighted by molar-refractivity contribution is 9.10. The molecule has 0 bridgehead atoms. The predicted octanol–water partition coefficient (Wildman–Crippen LogP) is 1.94. The maximum Gasteiger partial charge on any atom is 0.106 e. The number of aliphatic hydroxyl groups is 1. The number of hydrogen-bond donors (Lipinski definition) is 1. The van der Waals surface area contributed by atoms with Gasteiger partial charge in [0.15, 0.2) is 0 Å². The number of anilines is 1. The molecule has 14 heavy (non-hydrogen) atoms. The summed E-state index contributed by atoms with van der Waals surface area (Å²) in [6, 6.07) is 3.95. The van der Waals surface area contributed by atoms with Gasteiger partial charge in [0.2, 0.25) is 0 Å². The van der Waals surface area contributed by atoms with Crippen molar-refractivity contribution in [1.82, 2.24) is 4.98 Å². The number of nitrogens with zero attached hydrogens (tertiary/aromatic N) is 2. The van der Waals surface area contributed by atoms with Crippen molar-refractivity contribution in [2.45, 2.75) is 19.4 Å². The van der Waals surface area contributed by atoms with E-state index < -0.39 is 0 Å². The van der Waals surface area contributed by atoms with Crippen molar-refractivity contribution < 1.29 is 5.11 Å². The van der Waals surface area contributed by atoms with Crippen LogP contribution in [0.25, 0.3) is 0 Å². The molecule has 0 unspecified atom stereocenters. The molecule has 1 fully saturated rings. The van der Waals surface area contributed by atoms with Gasteiger partial charge in [0.1, 0.15) is 4.60 Å².